The highest BCUT2D eigenvalue weighted by molar-refractivity contribution is 5.83. The van der Waals surface area contributed by atoms with E-state index < -0.39 is 0 Å². The third-order valence-electron chi connectivity index (χ3n) is 3.93. The molecule has 3 rings (SSSR count). The molecule has 2 atom stereocenters. The van der Waals surface area contributed by atoms with Gasteiger partial charge in [-0.1, -0.05) is 55.3 Å². The van der Waals surface area contributed by atoms with Crippen LogP contribution in [0.15, 0.2) is 42.5 Å². The fourth-order valence-electron chi connectivity index (χ4n) is 2.94. The van der Waals surface area contributed by atoms with E-state index in [-0.39, 0.29) is 6.10 Å². The number of rotatable bonds is 1. The van der Waals surface area contributed by atoms with Gasteiger partial charge in [0.05, 0.1) is 6.10 Å². The number of benzene rings is 2. The molecule has 1 aliphatic carbocycles. The van der Waals surface area contributed by atoms with Crippen LogP contribution in [0.3, 0.4) is 0 Å². The molecular weight excluding hydrogens is 208 g/mol. The highest BCUT2D eigenvalue weighted by atomic mass is 16.3. The maximum absolute atomic E-state index is 10.1. The van der Waals surface area contributed by atoms with Crippen LogP contribution in [0.4, 0.5) is 0 Å². The first-order chi connectivity index (χ1) is 8.34. The smallest absolute Gasteiger partial charge is 0.0608 e. The van der Waals surface area contributed by atoms with E-state index >= 15 is 0 Å². The van der Waals surface area contributed by atoms with Crippen molar-refractivity contribution in [2.45, 2.75) is 37.7 Å². The molecular formula is C16H18O. The van der Waals surface area contributed by atoms with E-state index in [0.29, 0.717) is 5.92 Å². The molecule has 0 saturated heterocycles. The zero-order valence-electron chi connectivity index (χ0n) is 9.97. The molecule has 0 heterocycles. The SMILES string of the molecule is O[C@@H]1CCCC[C@@H]1c1ccc2ccccc2c1. The van der Waals surface area contributed by atoms with Crippen LogP contribution in [0.1, 0.15) is 37.2 Å². The predicted molar refractivity (Wildman–Crippen MR) is 71.2 cm³/mol. The Hall–Kier alpha value is -1.34. The molecule has 1 nitrogen and oxygen atoms in total. The van der Waals surface area contributed by atoms with Gasteiger partial charge in [-0.2, -0.15) is 0 Å². The lowest BCUT2D eigenvalue weighted by Crippen LogP contribution is -2.22. The zero-order chi connectivity index (χ0) is 11.7. The Balaban J connectivity index is 1.99. The number of hydrogen-bond donors (Lipinski definition) is 1. The number of fused-ring (bicyclic) bond motifs is 1. The van der Waals surface area contributed by atoms with Crippen LogP contribution < -0.4 is 0 Å². The molecule has 0 aliphatic heterocycles. The second-order valence-corrected chi connectivity index (χ2v) is 5.06. The second kappa shape index (κ2) is 4.50. The van der Waals surface area contributed by atoms with Gasteiger partial charge in [0, 0.05) is 5.92 Å². The maximum atomic E-state index is 10.1. The minimum atomic E-state index is -0.148. The maximum Gasteiger partial charge on any atom is 0.0608 e. The van der Waals surface area contributed by atoms with Crippen molar-refractivity contribution < 1.29 is 5.11 Å². The first-order valence-corrected chi connectivity index (χ1v) is 6.51. The van der Waals surface area contributed by atoms with Gasteiger partial charge in [0.25, 0.3) is 0 Å². The normalized spacial score (nSPS) is 25.0. The third-order valence-corrected chi connectivity index (χ3v) is 3.93. The molecule has 1 fully saturated rings. The van der Waals surface area contributed by atoms with Crippen molar-refractivity contribution in [3.05, 3.63) is 48.0 Å². The molecule has 2 aromatic rings. The van der Waals surface area contributed by atoms with Gasteiger partial charge in [-0.15, -0.1) is 0 Å². The average molecular weight is 226 g/mol. The Morgan fingerprint density at radius 2 is 1.65 bits per heavy atom. The van der Waals surface area contributed by atoms with Crippen LogP contribution in [0.5, 0.6) is 0 Å². The first-order valence-electron chi connectivity index (χ1n) is 6.51. The Labute approximate surface area is 102 Å². The summed E-state index contributed by atoms with van der Waals surface area (Å²) in [4.78, 5) is 0. The van der Waals surface area contributed by atoms with Crippen LogP contribution in [-0.4, -0.2) is 11.2 Å². The minimum absolute atomic E-state index is 0.148. The monoisotopic (exact) mass is 226 g/mol. The van der Waals surface area contributed by atoms with Crippen molar-refractivity contribution in [3.8, 4) is 0 Å². The van der Waals surface area contributed by atoms with Gasteiger partial charge >= 0.3 is 0 Å². The largest absolute Gasteiger partial charge is 0.392 e. The summed E-state index contributed by atoms with van der Waals surface area (Å²) < 4.78 is 0. The van der Waals surface area contributed by atoms with Crippen molar-refractivity contribution in [2.24, 2.45) is 0 Å². The average Bonchev–Trinajstić information content (AvgIpc) is 2.39. The molecule has 1 saturated carbocycles. The molecule has 0 amide bonds. The predicted octanol–water partition coefficient (Wildman–Crippen LogP) is 3.86. The van der Waals surface area contributed by atoms with Crippen LogP contribution in [0, 0.1) is 0 Å². The van der Waals surface area contributed by atoms with Crippen LogP contribution in [0.25, 0.3) is 10.8 Å². The molecule has 0 radical (unpaired) electrons. The Morgan fingerprint density at radius 1 is 0.882 bits per heavy atom. The third kappa shape index (κ3) is 2.07. The van der Waals surface area contributed by atoms with Gasteiger partial charge in [0.2, 0.25) is 0 Å². The highest BCUT2D eigenvalue weighted by Gasteiger charge is 2.24. The molecule has 0 spiro atoms. The molecule has 2 aromatic carbocycles. The molecule has 0 aromatic heterocycles. The van der Waals surface area contributed by atoms with Crippen LogP contribution in [-0.2, 0) is 0 Å². The van der Waals surface area contributed by atoms with Crippen LogP contribution in [0.2, 0.25) is 0 Å². The van der Waals surface area contributed by atoms with E-state index in [4.69, 9.17) is 0 Å². The van der Waals surface area contributed by atoms with Gasteiger partial charge < -0.3 is 5.11 Å². The van der Waals surface area contributed by atoms with E-state index in [9.17, 15) is 5.11 Å². The van der Waals surface area contributed by atoms with E-state index in [1.54, 1.807) is 0 Å². The number of aliphatic hydroxyl groups excluding tert-OH is 1. The first kappa shape index (κ1) is 10.8. The fourth-order valence-corrected chi connectivity index (χ4v) is 2.94. The van der Waals surface area contributed by atoms with E-state index in [2.05, 4.69) is 42.5 Å². The Kier molecular flexibility index (Phi) is 2.86. The summed E-state index contributed by atoms with van der Waals surface area (Å²) >= 11 is 0. The van der Waals surface area contributed by atoms with E-state index in [1.807, 2.05) is 0 Å². The molecule has 88 valence electrons. The lowest BCUT2D eigenvalue weighted by Gasteiger charge is -2.28. The van der Waals surface area contributed by atoms with E-state index in [1.165, 1.54) is 29.2 Å². The van der Waals surface area contributed by atoms with Crippen molar-refractivity contribution in [2.75, 3.05) is 0 Å². The van der Waals surface area contributed by atoms with E-state index in [0.717, 1.165) is 12.8 Å². The quantitative estimate of drug-likeness (QED) is 0.783. The molecule has 1 aliphatic rings. The Bertz CT molecular complexity index is 518. The van der Waals surface area contributed by atoms with Gasteiger partial charge in [-0.25, -0.2) is 0 Å². The summed E-state index contributed by atoms with van der Waals surface area (Å²) in [5.41, 5.74) is 1.30. The highest BCUT2D eigenvalue weighted by Crippen LogP contribution is 2.34. The molecule has 0 unspecified atom stereocenters. The number of hydrogen-bond acceptors (Lipinski definition) is 1. The summed E-state index contributed by atoms with van der Waals surface area (Å²) in [5.74, 6) is 0.341. The standard InChI is InChI=1S/C16H18O/c17-16-8-4-3-7-15(16)14-10-9-12-5-1-2-6-13(12)11-14/h1-2,5-6,9-11,15-17H,3-4,7-8H2/t15-,16-/m1/s1. The second-order valence-electron chi connectivity index (χ2n) is 5.06. The van der Waals surface area contributed by atoms with Crippen molar-refractivity contribution >= 4 is 10.8 Å². The minimum Gasteiger partial charge on any atom is -0.392 e. The van der Waals surface area contributed by atoms with Crippen molar-refractivity contribution in [1.29, 1.82) is 0 Å². The fraction of sp³-hybridized carbons (Fsp3) is 0.375. The lowest BCUT2D eigenvalue weighted by atomic mass is 9.81. The molecule has 1 heteroatoms. The van der Waals surface area contributed by atoms with Crippen molar-refractivity contribution in [3.63, 3.8) is 0 Å². The Morgan fingerprint density at radius 3 is 2.47 bits per heavy atom. The lowest BCUT2D eigenvalue weighted by molar-refractivity contribution is 0.106. The molecule has 1 N–H and O–H groups in total. The summed E-state index contributed by atoms with van der Waals surface area (Å²) in [5, 5.41) is 12.7. The summed E-state index contributed by atoms with van der Waals surface area (Å²) in [6.07, 6.45) is 4.35. The summed E-state index contributed by atoms with van der Waals surface area (Å²) in [6.45, 7) is 0. The van der Waals surface area contributed by atoms with Gasteiger partial charge in [-0.05, 0) is 29.2 Å². The summed E-state index contributed by atoms with van der Waals surface area (Å²) in [6, 6.07) is 15.0. The van der Waals surface area contributed by atoms with Crippen molar-refractivity contribution in [1.82, 2.24) is 0 Å². The molecule has 0 bridgehead atoms. The van der Waals surface area contributed by atoms with Crippen LogP contribution >= 0.6 is 0 Å². The topological polar surface area (TPSA) is 20.2 Å². The number of aliphatic hydroxyl groups is 1. The van der Waals surface area contributed by atoms with Gasteiger partial charge in [-0.3, -0.25) is 0 Å². The zero-order valence-corrected chi connectivity index (χ0v) is 9.97. The molecule has 17 heavy (non-hydrogen) atoms. The van der Waals surface area contributed by atoms with Gasteiger partial charge in [0.15, 0.2) is 0 Å². The van der Waals surface area contributed by atoms with Gasteiger partial charge in [0.1, 0.15) is 0 Å². The summed E-state index contributed by atoms with van der Waals surface area (Å²) in [7, 11) is 0.